The normalized spacial score (nSPS) is 23.1. The van der Waals surface area contributed by atoms with Gasteiger partial charge in [0.2, 0.25) is 17.7 Å². The van der Waals surface area contributed by atoms with Crippen LogP contribution in [0.25, 0.3) is 0 Å². The fraction of sp³-hybridized carbons (Fsp3) is 0.710. The van der Waals surface area contributed by atoms with E-state index in [1.54, 1.807) is 18.7 Å². The molecule has 2 heterocycles. The summed E-state index contributed by atoms with van der Waals surface area (Å²) in [5.41, 5.74) is 0.478. The number of amides is 3. The minimum atomic E-state index is -0.924. The van der Waals surface area contributed by atoms with Crippen LogP contribution in [0.4, 0.5) is 0 Å². The fourth-order valence-electron chi connectivity index (χ4n) is 5.96. The van der Waals surface area contributed by atoms with Crippen LogP contribution in [0, 0.1) is 11.3 Å². The van der Waals surface area contributed by atoms with Gasteiger partial charge >= 0.3 is 0 Å². The van der Waals surface area contributed by atoms with Gasteiger partial charge in [-0.25, -0.2) is 0 Å². The van der Waals surface area contributed by atoms with Crippen molar-refractivity contribution in [3.8, 4) is 0 Å². The molecule has 3 rings (SSSR count). The van der Waals surface area contributed by atoms with Crippen LogP contribution in [0.2, 0.25) is 0 Å². The van der Waals surface area contributed by atoms with Gasteiger partial charge in [0.05, 0.1) is 12.1 Å². The summed E-state index contributed by atoms with van der Waals surface area (Å²) in [5, 5.41) is 17.3. The minimum Gasteiger partial charge on any atom is -0.391 e. The average molecular weight is 543 g/mol. The zero-order valence-electron chi connectivity index (χ0n) is 24.8. The van der Waals surface area contributed by atoms with Crippen molar-refractivity contribution in [2.45, 2.75) is 104 Å². The Morgan fingerprint density at radius 1 is 1.08 bits per heavy atom. The highest BCUT2D eigenvalue weighted by atomic mass is 16.3. The van der Waals surface area contributed by atoms with Gasteiger partial charge in [0.15, 0.2) is 0 Å². The van der Waals surface area contributed by atoms with E-state index in [1.165, 1.54) is 0 Å². The van der Waals surface area contributed by atoms with Crippen LogP contribution in [0.15, 0.2) is 30.3 Å². The molecule has 0 radical (unpaired) electrons. The molecule has 8 heteroatoms. The lowest BCUT2D eigenvalue weighted by molar-refractivity contribution is -0.143. The van der Waals surface area contributed by atoms with E-state index in [9.17, 15) is 19.5 Å². The summed E-state index contributed by atoms with van der Waals surface area (Å²) < 4.78 is 0. The number of carbonyl (C=O) groups excluding carboxylic acids is 3. The van der Waals surface area contributed by atoms with E-state index in [0.29, 0.717) is 19.5 Å². The first-order valence-electron chi connectivity index (χ1n) is 14.7. The second-order valence-electron chi connectivity index (χ2n) is 12.8. The highest BCUT2D eigenvalue weighted by Gasteiger charge is 2.54. The fourth-order valence-corrected chi connectivity index (χ4v) is 5.96. The molecule has 0 saturated carbocycles. The van der Waals surface area contributed by atoms with Crippen LogP contribution in [0.3, 0.4) is 0 Å². The quantitative estimate of drug-likeness (QED) is 0.377. The molecule has 1 aromatic carbocycles. The van der Waals surface area contributed by atoms with Crippen molar-refractivity contribution in [2.75, 3.05) is 26.2 Å². The van der Waals surface area contributed by atoms with Crippen molar-refractivity contribution < 1.29 is 19.5 Å². The third-order valence-electron chi connectivity index (χ3n) is 8.32. The van der Waals surface area contributed by atoms with Gasteiger partial charge in [-0.3, -0.25) is 19.3 Å². The molecule has 0 unspecified atom stereocenters. The van der Waals surface area contributed by atoms with Crippen molar-refractivity contribution in [3.05, 3.63) is 35.9 Å². The number of likely N-dealkylation sites (tertiary alicyclic amines) is 2. The van der Waals surface area contributed by atoms with E-state index in [2.05, 4.69) is 43.2 Å². The van der Waals surface area contributed by atoms with Crippen molar-refractivity contribution >= 4 is 17.7 Å². The number of aliphatic hydroxyl groups is 1. The maximum absolute atomic E-state index is 13.6. The number of benzene rings is 1. The lowest BCUT2D eigenvalue weighted by Gasteiger charge is -2.34. The molecule has 2 aliphatic heterocycles. The van der Waals surface area contributed by atoms with Crippen LogP contribution < -0.4 is 10.6 Å². The van der Waals surface area contributed by atoms with Crippen molar-refractivity contribution in [1.82, 2.24) is 20.4 Å². The highest BCUT2D eigenvalue weighted by Crippen LogP contribution is 2.39. The van der Waals surface area contributed by atoms with E-state index in [-0.39, 0.29) is 29.6 Å². The number of nitrogens with one attached hydrogen (secondary N) is 2. The Bertz CT molecular complexity index is 979. The van der Waals surface area contributed by atoms with E-state index in [1.807, 2.05) is 30.3 Å². The van der Waals surface area contributed by atoms with Crippen LogP contribution in [-0.2, 0) is 20.8 Å². The molecule has 39 heavy (non-hydrogen) atoms. The van der Waals surface area contributed by atoms with Crippen LogP contribution in [-0.4, -0.2) is 82.5 Å². The summed E-state index contributed by atoms with van der Waals surface area (Å²) in [4.78, 5) is 43.9. The van der Waals surface area contributed by atoms with Crippen molar-refractivity contribution in [3.63, 3.8) is 0 Å². The number of hydrogen-bond donors (Lipinski definition) is 3. The number of nitrogens with zero attached hydrogens (tertiary/aromatic N) is 2. The number of aliphatic hydroxyl groups excluding tert-OH is 1. The third-order valence-corrected chi connectivity index (χ3v) is 8.32. The number of carbonyl (C=O) groups is 3. The second-order valence-corrected chi connectivity index (χ2v) is 12.8. The van der Waals surface area contributed by atoms with E-state index in [0.717, 1.165) is 44.3 Å². The first-order chi connectivity index (χ1) is 18.4. The van der Waals surface area contributed by atoms with Gasteiger partial charge in [-0.1, -0.05) is 65.0 Å². The highest BCUT2D eigenvalue weighted by molar-refractivity contribution is 5.94. The molecule has 218 valence electrons. The van der Waals surface area contributed by atoms with Crippen molar-refractivity contribution in [1.29, 1.82) is 0 Å². The zero-order chi connectivity index (χ0) is 28.8. The lowest BCUT2D eigenvalue weighted by Crippen LogP contribution is -2.56. The molecule has 0 aromatic heterocycles. The van der Waals surface area contributed by atoms with Crippen LogP contribution in [0.1, 0.15) is 79.2 Å². The Balaban J connectivity index is 1.68. The summed E-state index contributed by atoms with van der Waals surface area (Å²) in [6, 6.07) is 8.48. The van der Waals surface area contributed by atoms with Gasteiger partial charge in [0.1, 0.15) is 11.6 Å². The minimum absolute atomic E-state index is 0.0361. The molecular formula is C31H50N4O4. The molecule has 0 aliphatic carbocycles. The Morgan fingerprint density at radius 3 is 2.41 bits per heavy atom. The monoisotopic (exact) mass is 542 g/mol. The summed E-state index contributed by atoms with van der Waals surface area (Å²) in [6.45, 7) is 14.8. The topological polar surface area (TPSA) is 102 Å². The van der Waals surface area contributed by atoms with Gasteiger partial charge in [0.25, 0.3) is 0 Å². The molecule has 1 aromatic rings. The SMILES string of the molecule is CCCN1CCC[C@@]12CCN([C@@H](C)C(=O)N[C@@H](Cc1ccccc1)[C@@H](O)C[C@@H](C)C(=O)NCC(C)(C)C)C2=O. The molecule has 3 amide bonds. The number of rotatable bonds is 12. The lowest BCUT2D eigenvalue weighted by atomic mass is 9.92. The molecular weight excluding hydrogens is 492 g/mol. The summed E-state index contributed by atoms with van der Waals surface area (Å²) in [7, 11) is 0. The Hall–Kier alpha value is -2.45. The molecule has 3 N–H and O–H groups in total. The second kappa shape index (κ2) is 13.3. The molecule has 2 saturated heterocycles. The Labute approximate surface area is 234 Å². The van der Waals surface area contributed by atoms with Gasteiger partial charge in [0, 0.05) is 19.0 Å². The van der Waals surface area contributed by atoms with Gasteiger partial charge < -0.3 is 20.6 Å². The standard InChI is InChI=1S/C31H50N4O4/c1-7-16-34-17-11-14-31(34)15-18-35(29(31)39)23(3)28(38)33-25(20-24-12-9-8-10-13-24)26(36)19-22(2)27(37)32-21-30(4,5)6/h8-10,12-13,22-23,25-26,36H,7,11,14-21H2,1-6H3,(H,32,37)(H,33,38)/t22-,23+,25+,26+,31+/m1/s1. The van der Waals surface area contributed by atoms with Crippen LogP contribution in [0.5, 0.6) is 0 Å². The molecule has 2 fully saturated rings. The molecule has 5 atom stereocenters. The van der Waals surface area contributed by atoms with Gasteiger partial charge in [-0.15, -0.1) is 0 Å². The predicted octanol–water partition coefficient (Wildman–Crippen LogP) is 3.13. The largest absolute Gasteiger partial charge is 0.391 e. The van der Waals surface area contributed by atoms with Gasteiger partial charge in [-0.05, 0) is 69.5 Å². The molecule has 0 bridgehead atoms. The molecule has 2 aliphatic rings. The molecule has 1 spiro atoms. The third kappa shape index (κ3) is 7.82. The zero-order valence-corrected chi connectivity index (χ0v) is 24.8. The Morgan fingerprint density at radius 2 is 1.77 bits per heavy atom. The van der Waals surface area contributed by atoms with Crippen LogP contribution >= 0.6 is 0 Å². The summed E-state index contributed by atoms with van der Waals surface area (Å²) in [5.74, 6) is -0.740. The van der Waals surface area contributed by atoms with Crippen molar-refractivity contribution in [2.24, 2.45) is 11.3 Å². The van der Waals surface area contributed by atoms with Gasteiger partial charge in [-0.2, -0.15) is 0 Å². The summed E-state index contributed by atoms with van der Waals surface area (Å²) in [6.07, 6.45) is 3.33. The maximum Gasteiger partial charge on any atom is 0.243 e. The first-order valence-corrected chi connectivity index (χ1v) is 14.7. The van der Waals surface area contributed by atoms with E-state index < -0.39 is 29.6 Å². The van der Waals surface area contributed by atoms with E-state index >= 15 is 0 Å². The Kier molecular flexibility index (Phi) is 10.6. The molecule has 8 nitrogen and oxygen atoms in total. The summed E-state index contributed by atoms with van der Waals surface area (Å²) >= 11 is 0. The smallest absolute Gasteiger partial charge is 0.243 e. The average Bonchev–Trinajstić information content (AvgIpc) is 3.45. The first kappa shape index (κ1) is 31.1. The predicted molar refractivity (Wildman–Crippen MR) is 154 cm³/mol. The number of hydrogen-bond acceptors (Lipinski definition) is 5. The van der Waals surface area contributed by atoms with E-state index in [4.69, 9.17) is 0 Å². The maximum atomic E-state index is 13.6.